The molecule has 24 heavy (non-hydrogen) atoms. The zero-order valence-corrected chi connectivity index (χ0v) is 14.2. The zero-order valence-electron chi connectivity index (χ0n) is 13.4. The number of nitrogens with zero attached hydrogens (tertiary/aromatic N) is 1. The molecule has 0 radical (unpaired) electrons. The third-order valence-corrected chi connectivity index (χ3v) is 5.30. The monoisotopic (exact) mass is 341 g/mol. The zero-order chi connectivity index (χ0) is 16.9. The molecule has 1 saturated heterocycles. The van der Waals surface area contributed by atoms with E-state index in [2.05, 4.69) is 0 Å². The Morgan fingerprint density at radius 3 is 2.42 bits per heavy atom. The quantitative estimate of drug-likeness (QED) is 0.784. The molecule has 1 aliphatic rings. The van der Waals surface area contributed by atoms with Gasteiger partial charge in [-0.1, -0.05) is 60.7 Å². The number of thioether (sulfide) groups is 1. The summed E-state index contributed by atoms with van der Waals surface area (Å²) in [5.41, 5.74) is 2.03. The van der Waals surface area contributed by atoms with E-state index in [9.17, 15) is 9.59 Å². The predicted octanol–water partition coefficient (Wildman–Crippen LogP) is 3.04. The van der Waals surface area contributed by atoms with Crippen LogP contribution in [0.1, 0.15) is 16.5 Å². The number of hydrogen-bond donors (Lipinski definition) is 0. The molecule has 0 spiro atoms. The van der Waals surface area contributed by atoms with Crippen molar-refractivity contribution in [1.29, 1.82) is 0 Å². The molecule has 1 amide bonds. The van der Waals surface area contributed by atoms with E-state index in [-0.39, 0.29) is 17.3 Å². The lowest BCUT2D eigenvalue weighted by atomic mass is 10.0. The van der Waals surface area contributed by atoms with Gasteiger partial charge in [0.05, 0.1) is 12.9 Å². The van der Waals surface area contributed by atoms with E-state index in [1.807, 2.05) is 60.7 Å². The van der Waals surface area contributed by atoms with Gasteiger partial charge < -0.3 is 9.64 Å². The molecular formula is C19H19NO3S. The van der Waals surface area contributed by atoms with Crippen LogP contribution in [0.3, 0.4) is 0 Å². The van der Waals surface area contributed by atoms with Crippen LogP contribution in [0.4, 0.5) is 0 Å². The first kappa shape index (κ1) is 16.6. The summed E-state index contributed by atoms with van der Waals surface area (Å²) in [4.78, 5) is 26.6. The predicted molar refractivity (Wildman–Crippen MR) is 94.4 cm³/mol. The van der Waals surface area contributed by atoms with Crippen molar-refractivity contribution in [3.63, 3.8) is 0 Å². The summed E-state index contributed by atoms with van der Waals surface area (Å²) in [5, 5.41) is -0.161. The van der Waals surface area contributed by atoms with E-state index in [0.29, 0.717) is 12.2 Å². The molecule has 2 atom stereocenters. The fraction of sp³-hybridized carbons (Fsp3) is 0.263. The topological polar surface area (TPSA) is 46.6 Å². The highest BCUT2D eigenvalue weighted by Gasteiger charge is 2.41. The minimum absolute atomic E-state index is 0.0276. The molecule has 124 valence electrons. The summed E-state index contributed by atoms with van der Waals surface area (Å²) >= 11 is 1.55. The van der Waals surface area contributed by atoms with Crippen LogP contribution in [0.15, 0.2) is 60.7 Å². The number of rotatable bonds is 5. The van der Waals surface area contributed by atoms with Gasteiger partial charge in [-0.05, 0) is 11.1 Å². The highest BCUT2D eigenvalue weighted by molar-refractivity contribution is 8.00. The second-order valence-corrected chi connectivity index (χ2v) is 6.67. The average molecular weight is 341 g/mol. The molecule has 0 aliphatic carbocycles. The first-order valence-electron chi connectivity index (χ1n) is 7.80. The maximum Gasteiger partial charge on any atom is 0.328 e. The van der Waals surface area contributed by atoms with Crippen LogP contribution >= 0.6 is 11.8 Å². The fourth-order valence-electron chi connectivity index (χ4n) is 2.92. The van der Waals surface area contributed by atoms with Crippen molar-refractivity contribution in [2.45, 2.75) is 17.8 Å². The second kappa shape index (κ2) is 7.53. The van der Waals surface area contributed by atoms with Crippen LogP contribution in [0.25, 0.3) is 0 Å². The van der Waals surface area contributed by atoms with Crippen molar-refractivity contribution in [2.75, 3.05) is 12.9 Å². The minimum Gasteiger partial charge on any atom is -0.467 e. The average Bonchev–Trinajstić information content (AvgIpc) is 3.02. The number of methoxy groups -OCH3 is 1. The van der Waals surface area contributed by atoms with Crippen molar-refractivity contribution < 1.29 is 14.3 Å². The highest BCUT2D eigenvalue weighted by atomic mass is 32.2. The van der Waals surface area contributed by atoms with Crippen molar-refractivity contribution in [3.05, 3.63) is 71.8 Å². The van der Waals surface area contributed by atoms with Crippen molar-refractivity contribution in [3.8, 4) is 0 Å². The molecule has 2 aromatic carbocycles. The van der Waals surface area contributed by atoms with Gasteiger partial charge in [-0.2, -0.15) is 0 Å². The number of carbonyl (C=O) groups excluding carboxylic acids is 2. The molecule has 2 aromatic rings. The number of esters is 1. The number of benzene rings is 2. The first-order valence-corrected chi connectivity index (χ1v) is 8.85. The summed E-state index contributed by atoms with van der Waals surface area (Å²) in [6.45, 7) is 0. The van der Waals surface area contributed by atoms with Gasteiger partial charge in [-0.3, -0.25) is 4.79 Å². The van der Waals surface area contributed by atoms with E-state index in [0.717, 1.165) is 11.1 Å². The second-order valence-electron chi connectivity index (χ2n) is 5.60. The summed E-state index contributed by atoms with van der Waals surface area (Å²) in [5.74, 6) is -0.0298. The largest absolute Gasteiger partial charge is 0.467 e. The summed E-state index contributed by atoms with van der Waals surface area (Å²) < 4.78 is 4.99. The molecule has 1 unspecified atom stereocenters. The maximum absolute atomic E-state index is 12.5. The van der Waals surface area contributed by atoms with Gasteiger partial charge in [0.15, 0.2) is 0 Å². The minimum atomic E-state index is -0.620. The molecule has 1 aliphatic heterocycles. The Balaban J connectivity index is 1.92. The van der Waals surface area contributed by atoms with E-state index in [1.54, 1.807) is 16.7 Å². The summed E-state index contributed by atoms with van der Waals surface area (Å²) in [6.07, 6.45) is 0.448. The SMILES string of the molecule is COC(=O)[C@H](Cc1ccccc1)N1C(=O)CSC1c1ccccc1. The number of carbonyl (C=O) groups is 2. The van der Waals surface area contributed by atoms with Gasteiger partial charge in [0.1, 0.15) is 11.4 Å². The fourth-order valence-corrected chi connectivity index (χ4v) is 4.14. The Bertz CT molecular complexity index is 705. The van der Waals surface area contributed by atoms with Crippen LogP contribution in [0.2, 0.25) is 0 Å². The molecule has 3 rings (SSSR count). The van der Waals surface area contributed by atoms with Gasteiger partial charge in [-0.25, -0.2) is 4.79 Å². The van der Waals surface area contributed by atoms with E-state index >= 15 is 0 Å². The molecule has 0 aromatic heterocycles. The highest BCUT2D eigenvalue weighted by Crippen LogP contribution is 2.40. The Hall–Kier alpha value is -2.27. The number of amides is 1. The van der Waals surface area contributed by atoms with Crippen LogP contribution in [0, 0.1) is 0 Å². The van der Waals surface area contributed by atoms with Crippen LogP contribution in [-0.4, -0.2) is 35.7 Å². The molecule has 1 heterocycles. The molecule has 0 saturated carbocycles. The Morgan fingerprint density at radius 2 is 1.79 bits per heavy atom. The normalized spacial score (nSPS) is 18.5. The standard InChI is InChI=1S/C19H19NO3S/c1-23-19(22)16(12-14-8-4-2-5-9-14)20-17(21)13-24-18(20)15-10-6-3-7-11-15/h2-11,16,18H,12-13H2,1H3/t16-,18?/m0/s1. The van der Waals surface area contributed by atoms with E-state index in [4.69, 9.17) is 4.74 Å². The molecular weight excluding hydrogens is 322 g/mol. The molecule has 0 bridgehead atoms. The van der Waals surface area contributed by atoms with E-state index in [1.165, 1.54) is 7.11 Å². The molecule has 0 N–H and O–H groups in total. The molecule has 1 fully saturated rings. The summed E-state index contributed by atoms with van der Waals surface area (Å²) in [6, 6.07) is 18.9. The van der Waals surface area contributed by atoms with Crippen LogP contribution < -0.4 is 0 Å². The van der Waals surface area contributed by atoms with Crippen molar-refractivity contribution in [2.24, 2.45) is 0 Å². The summed E-state index contributed by atoms with van der Waals surface area (Å²) in [7, 11) is 1.37. The van der Waals surface area contributed by atoms with Crippen molar-refractivity contribution in [1.82, 2.24) is 4.90 Å². The first-order chi connectivity index (χ1) is 11.7. The lowest BCUT2D eigenvalue weighted by molar-refractivity contribution is -0.152. The Kier molecular flexibility index (Phi) is 5.20. The molecule has 5 heteroatoms. The lowest BCUT2D eigenvalue weighted by Gasteiger charge is -2.31. The third-order valence-electron chi connectivity index (χ3n) is 4.07. The smallest absolute Gasteiger partial charge is 0.328 e. The molecule has 4 nitrogen and oxygen atoms in total. The third kappa shape index (κ3) is 3.46. The Labute approximate surface area is 145 Å². The van der Waals surface area contributed by atoms with E-state index < -0.39 is 6.04 Å². The van der Waals surface area contributed by atoms with Gasteiger partial charge in [0, 0.05) is 6.42 Å². The van der Waals surface area contributed by atoms with Gasteiger partial charge >= 0.3 is 5.97 Å². The van der Waals surface area contributed by atoms with Gasteiger partial charge in [-0.15, -0.1) is 11.8 Å². The van der Waals surface area contributed by atoms with Gasteiger partial charge in [0.25, 0.3) is 0 Å². The van der Waals surface area contributed by atoms with Gasteiger partial charge in [0.2, 0.25) is 5.91 Å². The van der Waals surface area contributed by atoms with Crippen molar-refractivity contribution >= 4 is 23.6 Å². The number of ether oxygens (including phenoxy) is 1. The van der Waals surface area contributed by atoms with Crippen LogP contribution in [0.5, 0.6) is 0 Å². The maximum atomic E-state index is 12.5. The lowest BCUT2D eigenvalue weighted by Crippen LogP contribution is -2.45. The van der Waals surface area contributed by atoms with Crippen LogP contribution in [-0.2, 0) is 20.7 Å². The number of hydrogen-bond acceptors (Lipinski definition) is 4. The Morgan fingerprint density at radius 1 is 1.17 bits per heavy atom.